The summed E-state index contributed by atoms with van der Waals surface area (Å²) in [6.07, 6.45) is 0. The van der Waals surface area contributed by atoms with Gasteiger partial charge in [-0.3, -0.25) is 14.6 Å². The molecule has 1 N–H and O–H groups in total. The second-order valence-electron chi connectivity index (χ2n) is 7.37. The molecule has 0 aromatic heterocycles. The highest BCUT2D eigenvalue weighted by molar-refractivity contribution is 5.95. The Morgan fingerprint density at radius 1 is 0.933 bits per heavy atom. The number of methoxy groups -OCH3 is 3. The number of amides is 1. The van der Waals surface area contributed by atoms with Crippen molar-refractivity contribution in [3.8, 4) is 17.2 Å². The fourth-order valence-electron chi connectivity index (χ4n) is 3.70. The number of piperazine rings is 1. The van der Waals surface area contributed by atoms with Crippen molar-refractivity contribution in [3.63, 3.8) is 0 Å². The number of benzene rings is 2. The number of carbonyl (C=O) groups is 1. The van der Waals surface area contributed by atoms with E-state index in [1.807, 2.05) is 43.3 Å². The molecule has 3 rings (SSSR count). The standard InChI is InChI=1S/C23H31N3O4/c1-17(23(27)24-19-7-5-6-8-20(19)28-2)26-13-11-25(12-14-26)16-18-9-10-21(29-3)22(15-18)30-4/h5-10,15,17H,11-14,16H2,1-4H3,(H,24,27). The number of nitrogens with one attached hydrogen (secondary N) is 1. The highest BCUT2D eigenvalue weighted by atomic mass is 16.5. The lowest BCUT2D eigenvalue weighted by Crippen LogP contribution is -2.52. The Kier molecular flexibility index (Phi) is 7.54. The molecule has 1 aliphatic heterocycles. The van der Waals surface area contributed by atoms with Gasteiger partial charge in [0.05, 0.1) is 33.1 Å². The van der Waals surface area contributed by atoms with Crippen molar-refractivity contribution in [1.82, 2.24) is 9.80 Å². The number of nitrogens with zero attached hydrogens (tertiary/aromatic N) is 2. The third kappa shape index (κ3) is 5.23. The SMILES string of the molecule is COc1ccccc1NC(=O)C(C)N1CCN(Cc2ccc(OC)c(OC)c2)CC1. The van der Waals surface area contributed by atoms with E-state index >= 15 is 0 Å². The largest absolute Gasteiger partial charge is 0.495 e. The van der Waals surface area contributed by atoms with Crippen LogP contribution in [0.2, 0.25) is 0 Å². The minimum absolute atomic E-state index is 0.0205. The summed E-state index contributed by atoms with van der Waals surface area (Å²) in [6, 6.07) is 13.3. The first-order valence-electron chi connectivity index (χ1n) is 10.2. The normalized spacial score (nSPS) is 16.0. The maximum Gasteiger partial charge on any atom is 0.241 e. The quantitative estimate of drug-likeness (QED) is 0.718. The van der Waals surface area contributed by atoms with Gasteiger partial charge in [-0.2, -0.15) is 0 Å². The van der Waals surface area contributed by atoms with E-state index in [2.05, 4.69) is 21.2 Å². The monoisotopic (exact) mass is 413 g/mol. The Balaban J connectivity index is 1.53. The topological polar surface area (TPSA) is 63.3 Å². The van der Waals surface area contributed by atoms with Crippen LogP contribution in [0, 0.1) is 0 Å². The maximum atomic E-state index is 12.7. The Bertz CT molecular complexity index is 850. The average Bonchev–Trinajstić information content (AvgIpc) is 2.79. The van der Waals surface area contributed by atoms with Crippen LogP contribution in [0.1, 0.15) is 12.5 Å². The van der Waals surface area contributed by atoms with E-state index in [0.29, 0.717) is 11.4 Å². The number of carbonyl (C=O) groups excluding carboxylic acids is 1. The second-order valence-corrected chi connectivity index (χ2v) is 7.37. The molecule has 1 aliphatic rings. The number of hydrogen-bond acceptors (Lipinski definition) is 6. The van der Waals surface area contributed by atoms with E-state index in [0.717, 1.165) is 44.2 Å². The van der Waals surface area contributed by atoms with Crippen molar-refractivity contribution in [3.05, 3.63) is 48.0 Å². The molecular formula is C23H31N3O4. The summed E-state index contributed by atoms with van der Waals surface area (Å²) in [5.41, 5.74) is 1.88. The van der Waals surface area contributed by atoms with Crippen molar-refractivity contribution in [1.29, 1.82) is 0 Å². The molecule has 1 atom stereocenters. The van der Waals surface area contributed by atoms with Crippen LogP contribution < -0.4 is 19.5 Å². The molecule has 0 aliphatic carbocycles. The van der Waals surface area contributed by atoms with Gasteiger partial charge in [-0.25, -0.2) is 0 Å². The molecule has 0 saturated carbocycles. The minimum Gasteiger partial charge on any atom is -0.495 e. The van der Waals surface area contributed by atoms with Gasteiger partial charge in [0.25, 0.3) is 0 Å². The summed E-state index contributed by atoms with van der Waals surface area (Å²) in [5.74, 6) is 2.13. The van der Waals surface area contributed by atoms with Crippen LogP contribution in [0.4, 0.5) is 5.69 Å². The molecule has 2 aromatic carbocycles. The van der Waals surface area contributed by atoms with Gasteiger partial charge in [0.2, 0.25) is 5.91 Å². The molecule has 1 fully saturated rings. The molecule has 0 radical (unpaired) electrons. The van der Waals surface area contributed by atoms with Crippen LogP contribution in [0.5, 0.6) is 17.2 Å². The number of hydrogen-bond donors (Lipinski definition) is 1. The first kappa shape index (κ1) is 21.9. The fourth-order valence-corrected chi connectivity index (χ4v) is 3.70. The molecule has 0 bridgehead atoms. The molecular weight excluding hydrogens is 382 g/mol. The van der Waals surface area contributed by atoms with E-state index in [1.165, 1.54) is 5.56 Å². The number of para-hydroxylation sites is 2. The van der Waals surface area contributed by atoms with E-state index in [4.69, 9.17) is 14.2 Å². The number of rotatable bonds is 8. The Hall–Kier alpha value is -2.77. The van der Waals surface area contributed by atoms with Crippen molar-refractivity contribution < 1.29 is 19.0 Å². The van der Waals surface area contributed by atoms with Crippen molar-refractivity contribution >= 4 is 11.6 Å². The lowest BCUT2D eigenvalue weighted by molar-refractivity contribution is -0.121. The minimum atomic E-state index is -0.210. The Morgan fingerprint density at radius 3 is 2.27 bits per heavy atom. The van der Waals surface area contributed by atoms with Crippen LogP contribution in [0.25, 0.3) is 0 Å². The molecule has 30 heavy (non-hydrogen) atoms. The zero-order valence-electron chi connectivity index (χ0n) is 18.2. The van der Waals surface area contributed by atoms with Gasteiger partial charge in [-0.1, -0.05) is 18.2 Å². The first-order valence-corrected chi connectivity index (χ1v) is 10.2. The van der Waals surface area contributed by atoms with Gasteiger partial charge in [0.15, 0.2) is 11.5 Å². The molecule has 7 heteroatoms. The molecule has 1 saturated heterocycles. The smallest absolute Gasteiger partial charge is 0.241 e. The summed E-state index contributed by atoms with van der Waals surface area (Å²) in [4.78, 5) is 17.3. The number of anilines is 1. The molecule has 1 unspecified atom stereocenters. The second kappa shape index (κ2) is 10.3. The van der Waals surface area contributed by atoms with Crippen LogP contribution in [0.3, 0.4) is 0 Å². The lowest BCUT2D eigenvalue weighted by Gasteiger charge is -2.37. The van der Waals surface area contributed by atoms with Crippen LogP contribution in [-0.2, 0) is 11.3 Å². The summed E-state index contributed by atoms with van der Waals surface area (Å²) in [6.45, 7) is 6.29. The summed E-state index contributed by atoms with van der Waals surface area (Å²) in [5, 5.41) is 2.99. The highest BCUT2D eigenvalue weighted by Gasteiger charge is 2.26. The van der Waals surface area contributed by atoms with Gasteiger partial charge in [-0.15, -0.1) is 0 Å². The van der Waals surface area contributed by atoms with Gasteiger partial charge >= 0.3 is 0 Å². The zero-order chi connectivity index (χ0) is 21.5. The van der Waals surface area contributed by atoms with Crippen LogP contribution in [0.15, 0.2) is 42.5 Å². The van der Waals surface area contributed by atoms with Crippen molar-refractivity contribution in [2.24, 2.45) is 0 Å². The Morgan fingerprint density at radius 2 is 1.60 bits per heavy atom. The van der Waals surface area contributed by atoms with Gasteiger partial charge in [0.1, 0.15) is 5.75 Å². The van der Waals surface area contributed by atoms with E-state index < -0.39 is 0 Å². The zero-order valence-corrected chi connectivity index (χ0v) is 18.2. The molecule has 162 valence electrons. The van der Waals surface area contributed by atoms with E-state index in [-0.39, 0.29) is 11.9 Å². The van der Waals surface area contributed by atoms with Crippen LogP contribution in [-0.4, -0.2) is 69.3 Å². The van der Waals surface area contributed by atoms with Crippen molar-refractivity contribution in [2.75, 3.05) is 52.8 Å². The molecule has 0 spiro atoms. The van der Waals surface area contributed by atoms with Gasteiger partial charge < -0.3 is 19.5 Å². The van der Waals surface area contributed by atoms with Gasteiger partial charge in [0, 0.05) is 32.7 Å². The van der Waals surface area contributed by atoms with Crippen LogP contribution >= 0.6 is 0 Å². The molecule has 1 amide bonds. The fraction of sp³-hybridized carbons (Fsp3) is 0.435. The molecule has 7 nitrogen and oxygen atoms in total. The predicted octanol–water partition coefficient (Wildman–Crippen LogP) is 2.86. The first-order chi connectivity index (χ1) is 14.5. The predicted molar refractivity (Wildman–Crippen MR) is 117 cm³/mol. The molecule has 1 heterocycles. The lowest BCUT2D eigenvalue weighted by atomic mass is 10.1. The summed E-state index contributed by atoms with van der Waals surface area (Å²) < 4.78 is 16.0. The third-order valence-electron chi connectivity index (χ3n) is 5.55. The Labute approximate surface area is 178 Å². The summed E-state index contributed by atoms with van der Waals surface area (Å²) >= 11 is 0. The van der Waals surface area contributed by atoms with E-state index in [9.17, 15) is 4.79 Å². The van der Waals surface area contributed by atoms with Crippen molar-refractivity contribution in [2.45, 2.75) is 19.5 Å². The maximum absolute atomic E-state index is 12.7. The average molecular weight is 414 g/mol. The third-order valence-corrected chi connectivity index (χ3v) is 5.55. The number of ether oxygens (including phenoxy) is 3. The summed E-state index contributed by atoms with van der Waals surface area (Å²) in [7, 11) is 4.89. The highest BCUT2D eigenvalue weighted by Crippen LogP contribution is 2.28. The van der Waals surface area contributed by atoms with E-state index in [1.54, 1.807) is 21.3 Å². The molecule has 2 aromatic rings. The van der Waals surface area contributed by atoms with Gasteiger partial charge in [-0.05, 0) is 36.8 Å².